The second kappa shape index (κ2) is 12.9. The van der Waals surface area contributed by atoms with E-state index in [1.165, 1.54) is 26.4 Å². The fraction of sp³-hybridized carbons (Fsp3) is 0.310. The smallest absolute Gasteiger partial charge is 0.337 e. The molecule has 3 aromatic rings. The van der Waals surface area contributed by atoms with Crippen LogP contribution < -0.4 is 4.74 Å². The van der Waals surface area contributed by atoms with Gasteiger partial charge in [-0.1, -0.05) is 35.9 Å². The van der Waals surface area contributed by atoms with Crippen LogP contribution in [0.15, 0.2) is 66.7 Å². The Morgan fingerprint density at radius 1 is 0.921 bits per heavy atom. The molecule has 0 spiro atoms. The molecule has 1 saturated heterocycles. The average Bonchev–Trinajstić information content (AvgIpc) is 2.95. The van der Waals surface area contributed by atoms with Gasteiger partial charge in [-0.25, -0.2) is 9.18 Å². The maximum atomic E-state index is 14.1. The number of esters is 1. The van der Waals surface area contributed by atoms with Gasteiger partial charge in [0.1, 0.15) is 0 Å². The van der Waals surface area contributed by atoms with Crippen LogP contribution in [0.25, 0.3) is 0 Å². The van der Waals surface area contributed by atoms with Crippen LogP contribution in [0, 0.1) is 5.82 Å². The average molecular weight is 541 g/mol. The van der Waals surface area contributed by atoms with Crippen LogP contribution in [0.5, 0.6) is 5.75 Å². The zero-order valence-electron chi connectivity index (χ0n) is 21.4. The number of hydrogen-bond acceptors (Lipinski definition) is 6. The summed E-state index contributed by atoms with van der Waals surface area (Å²) in [5, 5.41) is 0.646. The van der Waals surface area contributed by atoms with Gasteiger partial charge in [-0.2, -0.15) is 0 Å². The van der Waals surface area contributed by atoms with E-state index in [-0.39, 0.29) is 23.7 Å². The normalized spacial score (nSPS) is 14.7. The number of benzene rings is 3. The van der Waals surface area contributed by atoms with Crippen LogP contribution in [0.4, 0.5) is 4.39 Å². The van der Waals surface area contributed by atoms with Crippen molar-refractivity contribution in [1.82, 2.24) is 9.80 Å². The second-order valence-corrected chi connectivity index (χ2v) is 9.42. The van der Waals surface area contributed by atoms with Gasteiger partial charge in [0.2, 0.25) is 0 Å². The summed E-state index contributed by atoms with van der Waals surface area (Å²) < 4.78 is 30.1. The third-order valence-electron chi connectivity index (χ3n) is 6.55. The first-order chi connectivity index (χ1) is 18.4. The zero-order chi connectivity index (χ0) is 27.1. The van der Waals surface area contributed by atoms with Crippen LogP contribution in [0.2, 0.25) is 5.02 Å². The lowest BCUT2D eigenvalue weighted by Gasteiger charge is -2.36. The Balaban J connectivity index is 1.38. The molecule has 200 valence electrons. The molecule has 0 saturated carbocycles. The summed E-state index contributed by atoms with van der Waals surface area (Å²) in [6.45, 7) is 3.35. The predicted octanol–water partition coefficient (Wildman–Crippen LogP) is 4.99. The van der Waals surface area contributed by atoms with Gasteiger partial charge in [-0.15, -0.1) is 0 Å². The van der Waals surface area contributed by atoms with Crippen LogP contribution in [0.3, 0.4) is 0 Å². The molecule has 0 aromatic heterocycles. The van der Waals surface area contributed by atoms with Crippen LogP contribution in [-0.4, -0.2) is 68.6 Å². The van der Waals surface area contributed by atoms with Gasteiger partial charge < -0.3 is 19.1 Å². The van der Waals surface area contributed by atoms with Crippen molar-refractivity contribution >= 4 is 23.5 Å². The first-order valence-electron chi connectivity index (χ1n) is 12.3. The number of carbonyl (C=O) groups is 2. The topological polar surface area (TPSA) is 68.3 Å². The molecule has 0 aliphatic carbocycles. The van der Waals surface area contributed by atoms with Crippen molar-refractivity contribution < 1.29 is 28.2 Å². The lowest BCUT2D eigenvalue weighted by molar-refractivity contribution is 0.00340. The number of carbonyl (C=O) groups excluding carboxylic acids is 2. The monoisotopic (exact) mass is 540 g/mol. The number of methoxy groups -OCH3 is 2. The minimum Gasteiger partial charge on any atom is -0.494 e. The molecule has 38 heavy (non-hydrogen) atoms. The van der Waals surface area contributed by atoms with Gasteiger partial charge in [0.05, 0.1) is 32.5 Å². The van der Waals surface area contributed by atoms with E-state index in [0.29, 0.717) is 55.5 Å². The SMILES string of the molecule is COC(=O)c1ccc(CO[C@H](CN2CCN(C(=O)c3ccc(OC)c(F)c3)CC2)c2ccc(Cl)cc2)cc1. The second-order valence-electron chi connectivity index (χ2n) is 8.98. The third kappa shape index (κ3) is 6.89. The number of piperazine rings is 1. The Morgan fingerprint density at radius 2 is 1.58 bits per heavy atom. The highest BCUT2D eigenvalue weighted by Gasteiger charge is 2.25. The van der Waals surface area contributed by atoms with E-state index >= 15 is 0 Å². The van der Waals surface area contributed by atoms with Crippen molar-refractivity contribution in [3.05, 3.63) is 99.8 Å². The molecular weight excluding hydrogens is 511 g/mol. The van der Waals surface area contributed by atoms with Crippen molar-refractivity contribution in [3.63, 3.8) is 0 Å². The van der Waals surface area contributed by atoms with Crippen molar-refractivity contribution in [3.8, 4) is 5.75 Å². The maximum Gasteiger partial charge on any atom is 0.337 e. The summed E-state index contributed by atoms with van der Waals surface area (Å²) in [5.74, 6) is -1.03. The Kier molecular flexibility index (Phi) is 9.33. The fourth-order valence-corrected chi connectivity index (χ4v) is 4.46. The van der Waals surface area contributed by atoms with Gasteiger partial charge >= 0.3 is 5.97 Å². The summed E-state index contributed by atoms with van der Waals surface area (Å²) in [4.78, 5) is 28.6. The van der Waals surface area contributed by atoms with Crippen molar-refractivity contribution in [1.29, 1.82) is 0 Å². The summed E-state index contributed by atoms with van der Waals surface area (Å²) >= 11 is 6.10. The number of hydrogen-bond donors (Lipinski definition) is 0. The van der Waals surface area contributed by atoms with Gasteiger partial charge in [0.25, 0.3) is 5.91 Å². The third-order valence-corrected chi connectivity index (χ3v) is 6.80. The standard InChI is InChI=1S/C29H30ClFN2O5/c1-36-26-12-9-23(17-25(26)31)28(34)33-15-13-32(14-16-33)18-27(21-7-10-24(30)11-8-21)38-19-20-3-5-22(6-4-20)29(35)37-2/h3-12,17,27H,13-16,18-19H2,1-2H3/t27-/m1/s1. The minimum absolute atomic E-state index is 0.110. The Bertz CT molecular complexity index is 1240. The van der Waals surface area contributed by atoms with Crippen LogP contribution in [-0.2, 0) is 16.1 Å². The molecule has 9 heteroatoms. The first-order valence-corrected chi connectivity index (χ1v) is 12.6. The molecule has 1 amide bonds. The lowest BCUT2D eigenvalue weighted by Crippen LogP contribution is -2.49. The number of ether oxygens (including phenoxy) is 3. The van der Waals surface area contributed by atoms with E-state index in [1.807, 2.05) is 36.4 Å². The molecule has 0 bridgehead atoms. The highest BCUT2D eigenvalue weighted by atomic mass is 35.5. The molecule has 0 N–H and O–H groups in total. The number of amides is 1. The van der Waals surface area contributed by atoms with Crippen LogP contribution >= 0.6 is 11.6 Å². The molecule has 1 aliphatic rings. The minimum atomic E-state index is -0.556. The Hall–Kier alpha value is -3.46. The predicted molar refractivity (Wildman–Crippen MR) is 142 cm³/mol. The van der Waals surface area contributed by atoms with Gasteiger partial charge in [0.15, 0.2) is 11.6 Å². The number of nitrogens with zero attached hydrogens (tertiary/aromatic N) is 2. The molecule has 1 fully saturated rings. The Labute approximate surface area is 226 Å². The van der Waals surface area contributed by atoms with E-state index < -0.39 is 5.82 Å². The van der Waals surface area contributed by atoms with E-state index in [2.05, 4.69) is 4.90 Å². The van der Waals surface area contributed by atoms with E-state index in [0.717, 1.165) is 11.1 Å². The van der Waals surface area contributed by atoms with E-state index in [4.69, 9.17) is 25.8 Å². The van der Waals surface area contributed by atoms with Crippen molar-refractivity contribution in [2.45, 2.75) is 12.7 Å². The molecule has 3 aromatic carbocycles. The molecule has 4 rings (SSSR count). The van der Waals surface area contributed by atoms with Crippen molar-refractivity contribution in [2.24, 2.45) is 0 Å². The van der Waals surface area contributed by atoms with E-state index in [9.17, 15) is 14.0 Å². The van der Waals surface area contributed by atoms with Gasteiger partial charge in [-0.3, -0.25) is 9.69 Å². The zero-order valence-corrected chi connectivity index (χ0v) is 22.1. The van der Waals surface area contributed by atoms with Gasteiger partial charge in [0, 0.05) is 43.3 Å². The lowest BCUT2D eigenvalue weighted by atomic mass is 10.1. The molecule has 1 aliphatic heterocycles. The summed E-state index contributed by atoms with van der Waals surface area (Å²) in [6.07, 6.45) is -0.231. The Morgan fingerprint density at radius 3 is 2.18 bits per heavy atom. The molecule has 7 nitrogen and oxygen atoms in total. The number of rotatable bonds is 9. The fourth-order valence-electron chi connectivity index (χ4n) is 4.33. The van der Waals surface area contributed by atoms with E-state index in [1.54, 1.807) is 23.1 Å². The highest BCUT2D eigenvalue weighted by Crippen LogP contribution is 2.24. The van der Waals surface area contributed by atoms with Gasteiger partial charge in [-0.05, 0) is 53.6 Å². The highest BCUT2D eigenvalue weighted by molar-refractivity contribution is 6.30. The van der Waals surface area contributed by atoms with Crippen molar-refractivity contribution in [2.75, 3.05) is 46.9 Å². The maximum absolute atomic E-state index is 14.1. The van der Waals surface area contributed by atoms with Crippen LogP contribution in [0.1, 0.15) is 37.9 Å². The number of halogens is 2. The molecule has 1 heterocycles. The summed E-state index contributed by atoms with van der Waals surface area (Å²) in [7, 11) is 2.74. The molecule has 0 radical (unpaired) electrons. The first kappa shape index (κ1) is 27.6. The summed E-state index contributed by atoms with van der Waals surface area (Å²) in [6, 6.07) is 19.0. The quantitative estimate of drug-likeness (QED) is 0.356. The molecular formula is C29H30ClFN2O5. The molecule has 0 unspecified atom stereocenters. The largest absolute Gasteiger partial charge is 0.494 e. The molecule has 1 atom stereocenters. The summed E-state index contributed by atoms with van der Waals surface area (Å²) in [5.41, 5.74) is 2.71.